The number of benzene rings is 1. The van der Waals surface area contributed by atoms with Gasteiger partial charge in [-0.15, -0.1) is 0 Å². The number of para-hydroxylation sites is 1. The molecule has 0 spiro atoms. The second kappa shape index (κ2) is 7.09. The Labute approximate surface area is 145 Å². The number of hydrogen-bond donors (Lipinski definition) is 0. The first kappa shape index (κ1) is 17.8. The molecule has 25 heavy (non-hydrogen) atoms. The van der Waals surface area contributed by atoms with Crippen molar-refractivity contribution in [2.75, 3.05) is 6.54 Å². The Hall–Kier alpha value is -2.00. The van der Waals surface area contributed by atoms with Crippen molar-refractivity contribution >= 4 is 10.0 Å². The van der Waals surface area contributed by atoms with Gasteiger partial charge < -0.3 is 4.74 Å². The van der Waals surface area contributed by atoms with E-state index < -0.39 is 16.6 Å². The van der Waals surface area contributed by atoms with E-state index in [1.54, 1.807) is 24.1 Å². The topological polar surface area (TPSA) is 64.4 Å². The third kappa shape index (κ3) is 3.67. The summed E-state index contributed by atoms with van der Waals surface area (Å²) >= 11 is 0. The lowest BCUT2D eigenvalue weighted by molar-refractivity contribution is -0.0518. The molecule has 3 rings (SSSR count). The third-order valence-corrected chi connectivity index (χ3v) is 6.16. The van der Waals surface area contributed by atoms with Crippen LogP contribution in [-0.4, -0.2) is 35.7 Å². The van der Waals surface area contributed by atoms with Gasteiger partial charge >= 0.3 is 6.61 Å². The largest absolute Gasteiger partial charge is 0.433 e. The van der Waals surface area contributed by atoms with Gasteiger partial charge in [0.05, 0.1) is 12.2 Å². The first-order chi connectivity index (χ1) is 11.9. The monoisotopic (exact) mass is 371 g/mol. The van der Waals surface area contributed by atoms with Gasteiger partial charge in [0.25, 0.3) is 0 Å². The highest BCUT2D eigenvalue weighted by molar-refractivity contribution is 7.89. The molecular weight excluding hydrogens is 352 g/mol. The molecule has 136 valence electrons. The van der Waals surface area contributed by atoms with E-state index in [4.69, 9.17) is 0 Å². The summed E-state index contributed by atoms with van der Waals surface area (Å²) in [6, 6.07) is 5.12. The molecule has 1 fully saturated rings. The highest BCUT2D eigenvalue weighted by Crippen LogP contribution is 2.37. The zero-order valence-corrected chi connectivity index (χ0v) is 14.5. The summed E-state index contributed by atoms with van der Waals surface area (Å²) in [5.74, 6) is -0.340. The molecular formula is C16H19F2N3O3S. The average molecular weight is 371 g/mol. The predicted octanol–water partition coefficient (Wildman–Crippen LogP) is 2.94. The van der Waals surface area contributed by atoms with Gasteiger partial charge in [0, 0.05) is 25.4 Å². The number of hydrogen-bond acceptors (Lipinski definition) is 4. The van der Waals surface area contributed by atoms with Crippen molar-refractivity contribution in [2.45, 2.75) is 36.8 Å². The number of piperidine rings is 1. The number of aryl methyl sites for hydroxylation is 1. The van der Waals surface area contributed by atoms with Crippen LogP contribution in [0.5, 0.6) is 5.75 Å². The minimum absolute atomic E-state index is 0.244. The fourth-order valence-corrected chi connectivity index (χ4v) is 4.93. The number of halogens is 2. The smallest absolute Gasteiger partial charge is 0.387 e. The highest BCUT2D eigenvalue weighted by atomic mass is 32.2. The van der Waals surface area contributed by atoms with Crippen molar-refractivity contribution in [3.63, 3.8) is 0 Å². The number of sulfonamides is 1. The Kier molecular flexibility index (Phi) is 5.05. The molecule has 1 aliphatic heterocycles. The molecule has 1 saturated heterocycles. The molecule has 1 unspecified atom stereocenters. The molecule has 1 atom stereocenters. The second-order valence-electron chi connectivity index (χ2n) is 5.90. The van der Waals surface area contributed by atoms with Gasteiger partial charge in [-0.05, 0) is 25.0 Å². The summed E-state index contributed by atoms with van der Waals surface area (Å²) < 4.78 is 59.0. The van der Waals surface area contributed by atoms with Crippen LogP contribution in [0.2, 0.25) is 0 Å². The Morgan fingerprint density at radius 2 is 2.04 bits per heavy atom. The van der Waals surface area contributed by atoms with Crippen LogP contribution in [0.1, 0.15) is 30.9 Å². The molecule has 0 N–H and O–H groups in total. The van der Waals surface area contributed by atoms with Crippen molar-refractivity contribution in [2.24, 2.45) is 7.05 Å². The van der Waals surface area contributed by atoms with Crippen LogP contribution in [0.15, 0.2) is 41.6 Å². The fourth-order valence-electron chi connectivity index (χ4n) is 3.12. The van der Waals surface area contributed by atoms with Crippen LogP contribution in [0, 0.1) is 0 Å². The number of rotatable bonds is 5. The highest BCUT2D eigenvalue weighted by Gasteiger charge is 2.36. The zero-order chi connectivity index (χ0) is 18.0. The SMILES string of the molecule is Cn1cc(C2CCCCN2S(=O)(=O)c2ccccc2OC(F)F)cn1. The maximum Gasteiger partial charge on any atom is 0.387 e. The summed E-state index contributed by atoms with van der Waals surface area (Å²) in [5.41, 5.74) is 0.790. The minimum atomic E-state index is -3.99. The molecule has 0 aliphatic carbocycles. The van der Waals surface area contributed by atoms with Crippen molar-refractivity contribution < 1.29 is 21.9 Å². The van der Waals surface area contributed by atoms with E-state index in [0.29, 0.717) is 19.4 Å². The van der Waals surface area contributed by atoms with E-state index >= 15 is 0 Å². The Morgan fingerprint density at radius 3 is 2.72 bits per heavy atom. The van der Waals surface area contributed by atoms with Gasteiger partial charge in [-0.1, -0.05) is 18.6 Å². The molecule has 6 nitrogen and oxygen atoms in total. The second-order valence-corrected chi connectivity index (χ2v) is 7.76. The van der Waals surface area contributed by atoms with Crippen molar-refractivity contribution in [3.8, 4) is 5.75 Å². The quantitative estimate of drug-likeness (QED) is 0.811. The Bertz CT molecular complexity index is 839. The number of nitrogens with zero attached hydrogens (tertiary/aromatic N) is 3. The maximum atomic E-state index is 13.2. The lowest BCUT2D eigenvalue weighted by Crippen LogP contribution is -2.38. The number of ether oxygens (including phenoxy) is 1. The molecule has 0 saturated carbocycles. The van der Waals surface area contributed by atoms with Gasteiger partial charge in [0.1, 0.15) is 10.6 Å². The average Bonchev–Trinajstić information content (AvgIpc) is 3.01. The van der Waals surface area contributed by atoms with E-state index in [2.05, 4.69) is 9.84 Å². The number of alkyl halides is 2. The van der Waals surface area contributed by atoms with Crippen molar-refractivity contribution in [1.29, 1.82) is 0 Å². The first-order valence-electron chi connectivity index (χ1n) is 7.94. The van der Waals surface area contributed by atoms with E-state index in [1.807, 2.05) is 0 Å². The first-order valence-corrected chi connectivity index (χ1v) is 9.38. The van der Waals surface area contributed by atoms with E-state index in [1.165, 1.54) is 28.6 Å². The molecule has 1 aliphatic rings. The summed E-state index contributed by atoms with van der Waals surface area (Å²) in [7, 11) is -2.23. The maximum absolute atomic E-state index is 13.2. The van der Waals surface area contributed by atoms with Crippen LogP contribution < -0.4 is 4.74 Å². The van der Waals surface area contributed by atoms with Crippen LogP contribution >= 0.6 is 0 Å². The van der Waals surface area contributed by atoms with E-state index in [-0.39, 0.29) is 16.7 Å². The Balaban J connectivity index is 2.00. The normalized spacial score (nSPS) is 19.3. The minimum Gasteiger partial charge on any atom is -0.433 e. The molecule has 2 aromatic rings. The Morgan fingerprint density at radius 1 is 1.28 bits per heavy atom. The van der Waals surface area contributed by atoms with Crippen molar-refractivity contribution in [3.05, 3.63) is 42.2 Å². The van der Waals surface area contributed by atoms with Gasteiger partial charge in [-0.25, -0.2) is 8.42 Å². The number of aromatic nitrogens is 2. The van der Waals surface area contributed by atoms with Crippen molar-refractivity contribution in [1.82, 2.24) is 14.1 Å². The molecule has 0 radical (unpaired) electrons. The fraction of sp³-hybridized carbons (Fsp3) is 0.438. The lowest BCUT2D eigenvalue weighted by Gasteiger charge is -2.34. The molecule has 0 amide bonds. The van der Waals surface area contributed by atoms with Crippen LogP contribution in [0.3, 0.4) is 0 Å². The third-order valence-electron chi connectivity index (χ3n) is 4.22. The summed E-state index contributed by atoms with van der Waals surface area (Å²) in [6.07, 6.45) is 5.68. The molecule has 1 aromatic carbocycles. The summed E-state index contributed by atoms with van der Waals surface area (Å²) in [6.45, 7) is -2.77. The molecule has 9 heteroatoms. The zero-order valence-electron chi connectivity index (χ0n) is 13.7. The van der Waals surface area contributed by atoms with E-state index in [0.717, 1.165) is 12.0 Å². The predicted molar refractivity (Wildman–Crippen MR) is 86.8 cm³/mol. The molecule has 0 bridgehead atoms. The molecule has 2 heterocycles. The molecule has 1 aromatic heterocycles. The van der Waals surface area contributed by atoms with E-state index in [9.17, 15) is 17.2 Å². The lowest BCUT2D eigenvalue weighted by atomic mass is 10.0. The summed E-state index contributed by atoms with van der Waals surface area (Å²) in [5, 5.41) is 4.11. The standard InChI is InChI=1S/C16H19F2N3O3S/c1-20-11-12(10-19-20)13-6-4-5-9-21(13)25(22,23)15-8-3-2-7-14(15)24-16(17)18/h2-3,7-8,10-11,13,16H,4-6,9H2,1H3. The van der Waals surface area contributed by atoms with Gasteiger partial charge in [0.15, 0.2) is 0 Å². The van der Waals surface area contributed by atoms with Gasteiger partial charge in [-0.2, -0.15) is 18.2 Å². The van der Waals surface area contributed by atoms with Crippen LogP contribution in [0.4, 0.5) is 8.78 Å². The summed E-state index contributed by atoms with van der Waals surface area (Å²) in [4.78, 5) is -0.244. The van der Waals surface area contributed by atoms with Crippen LogP contribution in [0.25, 0.3) is 0 Å². The van der Waals surface area contributed by atoms with Gasteiger partial charge in [-0.3, -0.25) is 4.68 Å². The van der Waals surface area contributed by atoms with Crippen LogP contribution in [-0.2, 0) is 17.1 Å². The van der Waals surface area contributed by atoms with Gasteiger partial charge in [0.2, 0.25) is 10.0 Å².